The monoisotopic (exact) mass is 278 g/mol. The van der Waals surface area contributed by atoms with Gasteiger partial charge >= 0.3 is 0 Å². The van der Waals surface area contributed by atoms with E-state index < -0.39 is 6.29 Å². The maximum Gasteiger partial charge on any atom is 0.154 e. The molecule has 2 N–H and O–H groups in total. The predicted molar refractivity (Wildman–Crippen MR) is 78.8 cm³/mol. The summed E-state index contributed by atoms with van der Waals surface area (Å²) >= 11 is 0. The number of fused-ring (bicyclic) bond motifs is 5. The summed E-state index contributed by atoms with van der Waals surface area (Å²) in [4.78, 5) is 0. The third-order valence-electron chi connectivity index (χ3n) is 7.61. The van der Waals surface area contributed by atoms with Crippen LogP contribution in [0.2, 0.25) is 0 Å². The highest BCUT2D eigenvalue weighted by atomic mass is 16.5. The van der Waals surface area contributed by atoms with Gasteiger partial charge in [-0.25, -0.2) is 0 Å². The fourth-order valence-electron chi connectivity index (χ4n) is 6.78. The van der Waals surface area contributed by atoms with Crippen molar-refractivity contribution in [3.05, 3.63) is 0 Å². The van der Waals surface area contributed by atoms with E-state index in [-0.39, 0.29) is 5.92 Å². The number of hydrogen-bond donors (Lipinski definition) is 2. The van der Waals surface area contributed by atoms with Gasteiger partial charge in [0, 0.05) is 5.92 Å². The molecule has 0 aromatic heterocycles. The molecule has 0 aromatic carbocycles. The van der Waals surface area contributed by atoms with Crippen LogP contribution in [0.3, 0.4) is 0 Å². The Labute approximate surface area is 123 Å². The second-order valence-corrected chi connectivity index (χ2v) is 8.25. The van der Waals surface area contributed by atoms with Crippen molar-refractivity contribution in [2.75, 3.05) is 0 Å². The minimum Gasteiger partial charge on any atom is -0.368 e. The molecule has 0 bridgehead atoms. The van der Waals surface area contributed by atoms with E-state index in [0.717, 1.165) is 48.3 Å². The maximum absolute atomic E-state index is 9.48. The molecule has 0 aromatic rings. The van der Waals surface area contributed by atoms with Crippen LogP contribution in [0, 0.1) is 41.4 Å². The van der Waals surface area contributed by atoms with Gasteiger partial charge in [-0.2, -0.15) is 0 Å². The summed E-state index contributed by atoms with van der Waals surface area (Å²) in [6, 6.07) is 0. The molecule has 0 heterocycles. The summed E-state index contributed by atoms with van der Waals surface area (Å²) in [6.07, 6.45) is 12.7. The van der Waals surface area contributed by atoms with E-state index in [0.29, 0.717) is 0 Å². The molecule has 0 saturated heterocycles. The van der Waals surface area contributed by atoms with E-state index in [1.54, 1.807) is 0 Å². The molecule has 4 aliphatic carbocycles. The molecule has 7 atom stereocenters. The third kappa shape index (κ3) is 2.14. The highest BCUT2D eigenvalue weighted by Gasteiger charge is 2.49. The zero-order valence-corrected chi connectivity index (χ0v) is 12.6. The van der Waals surface area contributed by atoms with Crippen LogP contribution in [0.4, 0.5) is 0 Å². The molecule has 0 spiro atoms. The Balaban J connectivity index is 1.48. The van der Waals surface area contributed by atoms with E-state index in [4.69, 9.17) is 0 Å². The summed E-state index contributed by atoms with van der Waals surface area (Å²) < 4.78 is 0. The van der Waals surface area contributed by atoms with Gasteiger partial charge < -0.3 is 10.2 Å². The van der Waals surface area contributed by atoms with E-state index >= 15 is 0 Å². The van der Waals surface area contributed by atoms with Crippen LogP contribution in [-0.2, 0) is 0 Å². The number of aliphatic hydroxyl groups is 2. The van der Waals surface area contributed by atoms with Crippen molar-refractivity contribution in [2.24, 2.45) is 41.4 Å². The normalized spacial score (nSPS) is 51.5. The molecule has 0 radical (unpaired) electrons. The quantitative estimate of drug-likeness (QED) is 0.720. The molecule has 114 valence electrons. The lowest BCUT2D eigenvalue weighted by molar-refractivity contribution is -0.118. The van der Waals surface area contributed by atoms with Gasteiger partial charge in [0.25, 0.3) is 0 Å². The van der Waals surface area contributed by atoms with Crippen LogP contribution >= 0.6 is 0 Å². The smallest absolute Gasteiger partial charge is 0.154 e. The average molecular weight is 278 g/mol. The molecule has 0 aliphatic heterocycles. The first-order valence-electron chi connectivity index (χ1n) is 9.10. The molecule has 20 heavy (non-hydrogen) atoms. The highest BCUT2D eigenvalue weighted by Crippen LogP contribution is 2.58. The first-order valence-corrected chi connectivity index (χ1v) is 9.10. The summed E-state index contributed by atoms with van der Waals surface area (Å²) in [5, 5.41) is 19.0. The van der Waals surface area contributed by atoms with Gasteiger partial charge in [-0.1, -0.05) is 12.8 Å². The fourth-order valence-corrected chi connectivity index (χ4v) is 6.78. The zero-order chi connectivity index (χ0) is 13.7. The summed E-state index contributed by atoms with van der Waals surface area (Å²) in [7, 11) is 0. The Morgan fingerprint density at radius 2 is 1.25 bits per heavy atom. The lowest BCUT2D eigenvalue weighted by atomic mass is 9.53. The first kappa shape index (κ1) is 13.6. The van der Waals surface area contributed by atoms with Crippen LogP contribution in [0.25, 0.3) is 0 Å². The van der Waals surface area contributed by atoms with Crippen molar-refractivity contribution >= 4 is 0 Å². The van der Waals surface area contributed by atoms with Crippen molar-refractivity contribution < 1.29 is 10.2 Å². The molecule has 4 fully saturated rings. The molecule has 4 aliphatic rings. The number of hydrogen-bond acceptors (Lipinski definition) is 2. The second kappa shape index (κ2) is 5.28. The van der Waals surface area contributed by atoms with Gasteiger partial charge in [0.2, 0.25) is 0 Å². The predicted octanol–water partition coefficient (Wildman–Crippen LogP) is 3.57. The lowest BCUT2D eigenvalue weighted by Crippen LogP contribution is -2.45. The van der Waals surface area contributed by atoms with E-state index in [2.05, 4.69) is 0 Å². The minimum absolute atomic E-state index is 0.163. The van der Waals surface area contributed by atoms with E-state index in [1.165, 1.54) is 51.4 Å². The Kier molecular flexibility index (Phi) is 3.58. The van der Waals surface area contributed by atoms with Crippen molar-refractivity contribution in [3.63, 3.8) is 0 Å². The molecule has 4 saturated carbocycles. The van der Waals surface area contributed by atoms with Crippen molar-refractivity contribution in [3.8, 4) is 0 Å². The Morgan fingerprint density at radius 1 is 0.600 bits per heavy atom. The van der Waals surface area contributed by atoms with Gasteiger partial charge in [0.15, 0.2) is 6.29 Å². The van der Waals surface area contributed by atoms with Crippen LogP contribution in [0.15, 0.2) is 0 Å². The third-order valence-corrected chi connectivity index (χ3v) is 7.61. The van der Waals surface area contributed by atoms with Gasteiger partial charge in [-0.15, -0.1) is 0 Å². The van der Waals surface area contributed by atoms with Gasteiger partial charge in [0.05, 0.1) is 0 Å². The van der Waals surface area contributed by atoms with E-state index in [1.807, 2.05) is 0 Å². The van der Waals surface area contributed by atoms with Gasteiger partial charge in [-0.3, -0.25) is 0 Å². The molecule has 2 nitrogen and oxygen atoms in total. The zero-order valence-electron chi connectivity index (χ0n) is 12.6. The van der Waals surface area contributed by atoms with Crippen molar-refractivity contribution in [2.45, 2.75) is 70.5 Å². The van der Waals surface area contributed by atoms with Crippen LogP contribution < -0.4 is 0 Å². The standard InChI is InChI=1S/C18H30O2/c19-18(20)13-6-7-15-12(10-13)5-9-16-14-3-1-2-11(14)4-8-17(15)16/h11-20H,1-10H2/t11-,12?,13?,14+,15+,16-,17+/m0/s1. The van der Waals surface area contributed by atoms with Crippen LogP contribution in [-0.4, -0.2) is 16.5 Å². The van der Waals surface area contributed by atoms with E-state index in [9.17, 15) is 10.2 Å². The number of aliphatic hydroxyl groups excluding tert-OH is 1. The molecule has 0 amide bonds. The highest BCUT2D eigenvalue weighted by molar-refractivity contribution is 4.99. The van der Waals surface area contributed by atoms with Crippen LogP contribution in [0.5, 0.6) is 0 Å². The summed E-state index contributed by atoms with van der Waals surface area (Å²) in [6.45, 7) is 0. The minimum atomic E-state index is -1.07. The topological polar surface area (TPSA) is 40.5 Å². The molecular weight excluding hydrogens is 248 g/mol. The number of rotatable bonds is 1. The molecular formula is C18H30O2. The largest absolute Gasteiger partial charge is 0.368 e. The Morgan fingerprint density at radius 3 is 2.00 bits per heavy atom. The van der Waals surface area contributed by atoms with Gasteiger partial charge in [0.1, 0.15) is 0 Å². The van der Waals surface area contributed by atoms with Crippen molar-refractivity contribution in [1.29, 1.82) is 0 Å². The summed E-state index contributed by atoms with van der Waals surface area (Å²) in [5.41, 5.74) is 0. The fraction of sp³-hybridized carbons (Fsp3) is 1.00. The second-order valence-electron chi connectivity index (χ2n) is 8.25. The Hall–Kier alpha value is -0.0800. The average Bonchev–Trinajstić information content (AvgIpc) is 2.94. The summed E-state index contributed by atoms with van der Waals surface area (Å²) in [5.74, 6) is 6.05. The molecule has 2 unspecified atom stereocenters. The molecule has 2 heteroatoms. The molecule has 4 rings (SSSR count). The first-order chi connectivity index (χ1) is 9.74. The maximum atomic E-state index is 9.48. The SMILES string of the molecule is OC(O)C1CC[C@@H]2C(CC[C@H]3[C@@H]4CCC[C@H]4CC[C@@H]32)C1. The van der Waals surface area contributed by atoms with Crippen LogP contribution in [0.1, 0.15) is 64.2 Å². The lowest BCUT2D eigenvalue weighted by Gasteiger charge is -2.53. The Bertz CT molecular complexity index is 353. The van der Waals surface area contributed by atoms with Gasteiger partial charge in [-0.05, 0) is 86.9 Å². The van der Waals surface area contributed by atoms with Crippen molar-refractivity contribution in [1.82, 2.24) is 0 Å².